The van der Waals surface area contributed by atoms with E-state index < -0.39 is 156 Å². The maximum atomic E-state index is 13.6. The summed E-state index contributed by atoms with van der Waals surface area (Å²) in [5, 5.41) is 74.3. The number of ether oxygens (including phenoxy) is 10. The predicted molar refractivity (Wildman–Crippen MR) is 313 cm³/mol. The van der Waals surface area contributed by atoms with Crippen LogP contribution in [0, 0.1) is 32.1 Å². The van der Waals surface area contributed by atoms with Gasteiger partial charge in [0.25, 0.3) is 0 Å². The Balaban J connectivity index is -0.000000751. The monoisotopic (exact) mass is 1690 g/mol. The Labute approximate surface area is 745 Å². The third kappa shape index (κ3) is 49.7. The van der Waals surface area contributed by atoms with Crippen molar-refractivity contribution in [3.63, 3.8) is 0 Å². The molecule has 11 N–H and O–H groups in total. The third-order valence-corrected chi connectivity index (χ3v) is 13.7. The molecule has 5 saturated heterocycles. The summed E-state index contributed by atoms with van der Waals surface area (Å²) in [4.78, 5) is 67.6. The third-order valence-electron chi connectivity index (χ3n) is 13.7. The Kier molecular flexibility index (Phi) is 67.0. The van der Waals surface area contributed by atoms with Crippen molar-refractivity contribution >= 4 is 82.0 Å². The van der Waals surface area contributed by atoms with Crippen LogP contribution in [-0.4, -0.2) is 328 Å². The average Bonchev–Trinajstić information content (AvgIpc) is 1.59. The second-order valence-electron chi connectivity index (χ2n) is 20.8. The summed E-state index contributed by atoms with van der Waals surface area (Å²) in [5.41, 5.74) is 16.4. The van der Waals surface area contributed by atoms with E-state index in [2.05, 4.69) is 29.5 Å². The minimum Gasteiger partial charge on any atom is -0.726 e. The summed E-state index contributed by atoms with van der Waals surface area (Å²) < 4.78 is 206. The Bertz CT molecular complexity index is 3140. The summed E-state index contributed by atoms with van der Waals surface area (Å²) in [5.74, 6) is -4.20. The number of carbonyl (C=O) groups excluding carboxylic acids is 5. The largest absolute Gasteiger partial charge is 1.00 e. The molecule has 6 unspecified atom stereocenters. The maximum Gasteiger partial charge on any atom is 1.00 e. The van der Waals surface area contributed by atoms with Crippen LogP contribution in [0.2, 0.25) is 0 Å². The normalized spacial score (nSPS) is 27.0. The number of fused-ring (bicyclic) bond motifs is 1. The average molecular weight is 1690 g/mol. The molecule has 5 aliphatic rings. The first-order valence-electron chi connectivity index (χ1n) is 29.0. The molecular formula is C48H77N8Na6O39S5-3. The molecule has 5 aliphatic heterocycles. The molecule has 0 aliphatic carbocycles. The number of nitrogens with zero attached hydrogens (tertiary/aromatic N) is 5. The van der Waals surface area contributed by atoms with E-state index in [9.17, 15) is 54.6 Å². The van der Waals surface area contributed by atoms with Crippen LogP contribution in [0.3, 0.4) is 0 Å². The fraction of sp³-hybridized carbons (Fsp3) is 0.792. The van der Waals surface area contributed by atoms with E-state index in [-0.39, 0.29) is 305 Å². The number of aromatic nitrogens is 3. The summed E-state index contributed by atoms with van der Waals surface area (Å²) in [7, 11) is -21.0. The van der Waals surface area contributed by atoms with Crippen molar-refractivity contribution < 1.29 is 357 Å². The molecule has 0 bridgehead atoms. The quantitative estimate of drug-likeness (QED) is 0.00832. The minimum atomic E-state index is -4.92. The number of carbonyl (C=O) groups is 5. The van der Waals surface area contributed by atoms with Gasteiger partial charge >= 0.3 is 199 Å². The van der Waals surface area contributed by atoms with Gasteiger partial charge in [-0.15, -0.1) is 30.4 Å². The first kappa shape index (κ1) is 118. The zero-order chi connectivity index (χ0) is 76.6. The number of amides is 4. The summed E-state index contributed by atoms with van der Waals surface area (Å²) in [6.45, 7) is 12.0. The Hall–Kier alpha value is 0.860. The first-order valence-corrected chi connectivity index (χ1v) is 35.1. The van der Waals surface area contributed by atoms with Gasteiger partial charge in [-0.25, -0.2) is 36.0 Å². The standard InChI is InChI=1S/C48H75N8O21.6Na.3H2O4S.2O3S/c1-5-30-34-35(31(6-2)75-30)44(65)56(43(34)64)13-19-69-17-11-54(33(59)9-8-32(58)51-10-16-68-14-7-15-71-46-28(49)22-29(57)25(3)73-46)23-27-24-55(53-52-27)12-18-70-20-21-72-48-40(63)39(62)41(42(77-48)45(66)67)76-47-36(50)38(61)37(60)26(4)74-47;;;;;;;3*1-5(2,3)4;2*1-4(2)3/h22,24-26,28-31,34-42,46-50,57,60-63H,3-21,23H2,1-2H3,(H,51,58)(H,66,67);;;;;;;3*(H2,1,2,3,4);;/q-5;6*+1;;;;;/p-4/t25?,26?,28?,29-,30-,31+,34+,35-,36?,37+,38+,39+,40?,41-,42?,46-,47+,48+;;;;;;;;;;;/m0.........../s1. The molecule has 18 atom stereocenters. The Morgan fingerprint density at radius 3 is 1.64 bits per heavy atom. The van der Waals surface area contributed by atoms with E-state index in [1.807, 2.05) is 13.8 Å². The van der Waals surface area contributed by atoms with Crippen LogP contribution in [0.1, 0.15) is 51.6 Å². The number of hydrogen-bond donors (Lipinski definition) is 9. The van der Waals surface area contributed by atoms with Crippen molar-refractivity contribution in [1.29, 1.82) is 0 Å². The zero-order valence-electron chi connectivity index (χ0n) is 58.7. The van der Waals surface area contributed by atoms with E-state index in [1.54, 1.807) is 6.20 Å². The number of carboxylic acids is 1. The van der Waals surface area contributed by atoms with E-state index in [0.717, 1.165) is 0 Å². The SMILES string of the molecule is O=S(=O)([O-])O.O=S(=O)([O-])O.O=S(=O)([O-])O.O=S(=O)=O.O=S(=O)=O.[CH2-]C1O[C@H](O[C@@H]2C(C(=O)[O-])O[C@@H](OCCOCCn3cc(CN(CCOCCN4C(=O)[C@@H]5[C@H](C4=O)[C@H](CC)O[C@@H]5CC)C(=O)CCC(=O)NCCOCCCO[C@H]4OC([CH2-])[C@@H](O)[CH-]C4[NH-])nn3)C(O)[C@H]2O)C([NH-])[C@@H](O)[C@@H]1O.[Na+].[Na+].[Na+].[Na+].[Na+].[Na+]. The number of rotatable bonds is 31. The zero-order valence-corrected chi connectivity index (χ0v) is 74.8. The summed E-state index contributed by atoms with van der Waals surface area (Å²) >= 11 is 0. The van der Waals surface area contributed by atoms with Gasteiger partial charge in [0.2, 0.25) is 54.8 Å². The maximum absolute atomic E-state index is 13.6. The molecule has 106 heavy (non-hydrogen) atoms. The van der Waals surface area contributed by atoms with Gasteiger partial charge in [0.05, 0.1) is 114 Å². The molecule has 6 rings (SSSR count). The molecule has 47 nitrogen and oxygen atoms in total. The number of nitrogens with one attached hydrogen (secondary N) is 3. The molecule has 58 heteroatoms. The fourth-order valence-electron chi connectivity index (χ4n) is 9.41. The number of aliphatic hydroxyl groups excluding tert-OH is 5. The Morgan fingerprint density at radius 2 is 1.13 bits per heavy atom. The number of aliphatic hydroxyl groups is 5. The number of likely N-dealkylation sites (tertiary alicyclic amines) is 1. The van der Waals surface area contributed by atoms with Crippen molar-refractivity contribution in [2.45, 2.75) is 157 Å². The van der Waals surface area contributed by atoms with E-state index >= 15 is 0 Å². The summed E-state index contributed by atoms with van der Waals surface area (Å²) in [6.07, 6.45) is -14.2. The molecule has 0 spiro atoms. The topological polar surface area (TPSA) is 733 Å². The molecule has 5 fully saturated rings. The van der Waals surface area contributed by atoms with Gasteiger partial charge in [0, 0.05) is 32.5 Å². The molecule has 1 aromatic heterocycles. The van der Waals surface area contributed by atoms with Crippen LogP contribution < -0.4 is 188 Å². The molecule has 0 aromatic carbocycles. The fourth-order valence-corrected chi connectivity index (χ4v) is 9.41. The first-order chi connectivity index (χ1) is 46.3. The van der Waals surface area contributed by atoms with Crippen molar-refractivity contribution in [2.24, 2.45) is 11.8 Å². The predicted octanol–water partition coefficient (Wildman–Crippen LogP) is -27.0. The molecule has 4 amide bonds. The minimum absolute atomic E-state index is 0. The molecule has 1 aromatic rings. The molecule has 6 heterocycles. The number of carboxylic acid groups (broad SMARTS) is 1. The van der Waals surface area contributed by atoms with Gasteiger partial charge < -0.3 is 138 Å². The van der Waals surface area contributed by atoms with Gasteiger partial charge in [0.15, 0.2) is 6.29 Å². The van der Waals surface area contributed by atoms with Gasteiger partial charge in [-0.3, -0.25) is 37.7 Å². The Morgan fingerprint density at radius 1 is 0.651 bits per heavy atom. The van der Waals surface area contributed by atoms with Gasteiger partial charge in [-0.2, -0.15) is 0 Å². The van der Waals surface area contributed by atoms with Gasteiger partial charge in [0.1, 0.15) is 42.7 Å². The van der Waals surface area contributed by atoms with Crippen molar-refractivity contribution in [2.75, 3.05) is 72.5 Å². The number of hydrogen-bond acceptors (Lipinski definition) is 38. The van der Waals surface area contributed by atoms with Crippen LogP contribution in [0.15, 0.2) is 6.20 Å². The molecule has 0 saturated carbocycles. The van der Waals surface area contributed by atoms with Gasteiger partial charge in [-0.05, 0) is 25.4 Å². The van der Waals surface area contributed by atoms with Crippen LogP contribution in [-0.2, 0) is 137 Å². The van der Waals surface area contributed by atoms with Crippen LogP contribution in [0.4, 0.5) is 0 Å². The van der Waals surface area contributed by atoms with Crippen molar-refractivity contribution in [3.05, 3.63) is 43.6 Å². The summed E-state index contributed by atoms with van der Waals surface area (Å²) in [6, 6.07) is -2.48. The second-order valence-corrected chi connectivity index (χ2v) is 24.2. The van der Waals surface area contributed by atoms with Crippen LogP contribution in [0.25, 0.3) is 11.5 Å². The molecular weight excluding hydrogens is 1610 g/mol. The van der Waals surface area contributed by atoms with Crippen molar-refractivity contribution in [1.82, 2.24) is 30.1 Å². The second kappa shape index (κ2) is 60.4. The van der Waals surface area contributed by atoms with Crippen molar-refractivity contribution in [3.8, 4) is 0 Å². The van der Waals surface area contributed by atoms with Crippen LogP contribution >= 0.6 is 0 Å². The molecule has 0 radical (unpaired) electrons. The smallest absolute Gasteiger partial charge is 0.726 e. The van der Waals surface area contributed by atoms with E-state index in [0.29, 0.717) is 31.6 Å². The van der Waals surface area contributed by atoms with Crippen LogP contribution in [0.5, 0.6) is 0 Å². The molecule has 582 valence electrons. The van der Waals surface area contributed by atoms with E-state index in [4.69, 9.17) is 137 Å². The van der Waals surface area contributed by atoms with Gasteiger partial charge in [-0.1, -0.05) is 37.3 Å². The number of aliphatic carboxylic acids is 1. The number of imide groups is 1. The van der Waals surface area contributed by atoms with E-state index in [1.165, 1.54) is 20.9 Å².